The molecule has 1 amide bonds. The van der Waals surface area contributed by atoms with Crippen molar-refractivity contribution in [3.63, 3.8) is 0 Å². The first-order chi connectivity index (χ1) is 15.3. The van der Waals surface area contributed by atoms with Gasteiger partial charge >= 0.3 is 6.09 Å². The Labute approximate surface area is 187 Å². The highest BCUT2D eigenvalue weighted by atomic mass is 16.6. The predicted octanol–water partition coefficient (Wildman–Crippen LogP) is 4.33. The Balaban J connectivity index is 1.75. The largest absolute Gasteiger partial charge is 0.508 e. The Kier molecular flexibility index (Phi) is 6.17. The number of rotatable bonds is 4. The SMILES string of the molecule is Cc1ccccc1-c1nc2ccc(O)cc2c(=O)n1CC1CCCN(C(=O)OC(C)C)C1. The standard InChI is InChI=1S/C25H29N3O4/c1-16(2)32-25(31)27-12-6-8-18(14-27)15-28-23(20-9-5-4-7-17(20)3)26-22-11-10-19(29)13-21(22)24(28)30/h4-5,7,9-11,13,16,18,29H,6,8,12,14-15H2,1-3H3. The molecule has 7 heteroatoms. The summed E-state index contributed by atoms with van der Waals surface area (Å²) in [6, 6.07) is 12.5. The van der Waals surface area contributed by atoms with Crippen LogP contribution >= 0.6 is 0 Å². The Morgan fingerprint density at radius 1 is 1.25 bits per heavy atom. The summed E-state index contributed by atoms with van der Waals surface area (Å²) in [4.78, 5) is 32.5. The molecule has 32 heavy (non-hydrogen) atoms. The van der Waals surface area contributed by atoms with Crippen LogP contribution < -0.4 is 5.56 Å². The zero-order valence-electron chi connectivity index (χ0n) is 18.7. The van der Waals surface area contributed by atoms with E-state index in [-0.39, 0.29) is 29.4 Å². The number of aromatic hydroxyl groups is 1. The topological polar surface area (TPSA) is 84.7 Å². The van der Waals surface area contributed by atoms with Gasteiger partial charge in [-0.25, -0.2) is 9.78 Å². The van der Waals surface area contributed by atoms with E-state index < -0.39 is 0 Å². The van der Waals surface area contributed by atoms with E-state index in [1.165, 1.54) is 6.07 Å². The van der Waals surface area contributed by atoms with Gasteiger partial charge in [0, 0.05) is 25.2 Å². The lowest BCUT2D eigenvalue weighted by molar-refractivity contribution is 0.0608. The summed E-state index contributed by atoms with van der Waals surface area (Å²) >= 11 is 0. The van der Waals surface area contributed by atoms with Gasteiger partial charge in [0.25, 0.3) is 5.56 Å². The number of aromatic nitrogens is 2. The van der Waals surface area contributed by atoms with Gasteiger partial charge in [-0.1, -0.05) is 24.3 Å². The molecule has 0 spiro atoms. The highest BCUT2D eigenvalue weighted by Gasteiger charge is 2.27. The highest BCUT2D eigenvalue weighted by molar-refractivity contribution is 5.81. The molecule has 2 aromatic carbocycles. The summed E-state index contributed by atoms with van der Waals surface area (Å²) in [6.07, 6.45) is 1.28. The molecule has 1 fully saturated rings. The molecule has 4 rings (SSSR count). The second-order valence-electron chi connectivity index (χ2n) is 8.75. The van der Waals surface area contributed by atoms with Gasteiger partial charge in [0.1, 0.15) is 11.6 Å². The number of piperidine rings is 1. The maximum absolute atomic E-state index is 13.5. The maximum Gasteiger partial charge on any atom is 0.410 e. The van der Waals surface area contributed by atoms with E-state index in [1.54, 1.807) is 21.6 Å². The molecule has 0 radical (unpaired) electrons. The number of likely N-dealkylation sites (tertiary alicyclic amines) is 1. The lowest BCUT2D eigenvalue weighted by atomic mass is 9.97. The summed E-state index contributed by atoms with van der Waals surface area (Å²) in [5.74, 6) is 0.737. The quantitative estimate of drug-likeness (QED) is 0.659. The molecule has 2 heterocycles. The third-order valence-electron chi connectivity index (χ3n) is 5.88. The van der Waals surface area contributed by atoms with Gasteiger partial charge < -0.3 is 14.7 Å². The number of carbonyl (C=O) groups is 1. The minimum Gasteiger partial charge on any atom is -0.508 e. The van der Waals surface area contributed by atoms with Crippen molar-refractivity contribution in [1.29, 1.82) is 0 Å². The molecule has 1 aromatic heterocycles. The summed E-state index contributed by atoms with van der Waals surface area (Å²) in [5.41, 5.74) is 2.28. The number of amides is 1. The molecule has 1 aliphatic heterocycles. The number of phenolic OH excluding ortho intramolecular Hbond substituents is 1. The van der Waals surface area contributed by atoms with Gasteiger partial charge in [0.05, 0.1) is 17.0 Å². The highest BCUT2D eigenvalue weighted by Crippen LogP contribution is 2.26. The zero-order chi connectivity index (χ0) is 22.8. The molecule has 3 aromatic rings. The molecule has 0 aliphatic carbocycles. The van der Waals surface area contributed by atoms with Crippen LogP contribution in [0, 0.1) is 12.8 Å². The molecule has 1 aliphatic rings. The van der Waals surface area contributed by atoms with Crippen LogP contribution in [0.3, 0.4) is 0 Å². The second kappa shape index (κ2) is 9.02. The smallest absolute Gasteiger partial charge is 0.410 e. The predicted molar refractivity (Wildman–Crippen MR) is 124 cm³/mol. The van der Waals surface area contributed by atoms with Gasteiger partial charge in [-0.05, 0) is 63.3 Å². The third kappa shape index (κ3) is 4.47. The van der Waals surface area contributed by atoms with Crippen molar-refractivity contribution in [2.75, 3.05) is 13.1 Å². The average molecular weight is 436 g/mol. The molecular formula is C25H29N3O4. The number of hydrogen-bond donors (Lipinski definition) is 1. The lowest BCUT2D eigenvalue weighted by Gasteiger charge is -2.33. The molecule has 1 N–H and O–H groups in total. The van der Waals surface area contributed by atoms with Crippen molar-refractivity contribution in [3.05, 3.63) is 58.4 Å². The zero-order valence-corrected chi connectivity index (χ0v) is 18.7. The number of phenols is 1. The summed E-state index contributed by atoms with van der Waals surface area (Å²) in [7, 11) is 0. The molecular weight excluding hydrogens is 406 g/mol. The first kappa shape index (κ1) is 21.9. The molecule has 7 nitrogen and oxygen atoms in total. The molecule has 1 saturated heterocycles. The van der Waals surface area contributed by atoms with E-state index >= 15 is 0 Å². The molecule has 168 valence electrons. The molecule has 1 unspecified atom stereocenters. The number of aryl methyl sites for hydroxylation is 1. The van der Waals surface area contributed by atoms with Crippen LogP contribution in [-0.4, -0.2) is 44.8 Å². The number of nitrogens with zero attached hydrogens (tertiary/aromatic N) is 3. The van der Waals surface area contributed by atoms with Gasteiger partial charge in [0.15, 0.2) is 0 Å². The van der Waals surface area contributed by atoms with E-state index in [1.807, 2.05) is 45.0 Å². The van der Waals surface area contributed by atoms with Gasteiger partial charge in [-0.3, -0.25) is 9.36 Å². The minimum absolute atomic E-state index is 0.0341. The van der Waals surface area contributed by atoms with Crippen LogP contribution in [0.4, 0.5) is 4.79 Å². The fourth-order valence-corrected chi connectivity index (χ4v) is 4.32. The normalized spacial score (nSPS) is 16.5. The van der Waals surface area contributed by atoms with Crippen LogP contribution in [-0.2, 0) is 11.3 Å². The van der Waals surface area contributed by atoms with E-state index in [0.717, 1.165) is 24.0 Å². The number of ether oxygens (including phenoxy) is 1. The Bertz CT molecular complexity index is 1200. The first-order valence-electron chi connectivity index (χ1n) is 11.1. The average Bonchev–Trinajstić information content (AvgIpc) is 2.76. The molecule has 1 atom stereocenters. The fraction of sp³-hybridized carbons (Fsp3) is 0.400. The number of benzene rings is 2. The fourth-order valence-electron chi connectivity index (χ4n) is 4.32. The van der Waals surface area contributed by atoms with Gasteiger partial charge in [-0.2, -0.15) is 0 Å². The Morgan fingerprint density at radius 2 is 2.03 bits per heavy atom. The van der Waals surface area contributed by atoms with Crippen molar-refractivity contribution in [1.82, 2.24) is 14.5 Å². The molecule has 0 saturated carbocycles. The third-order valence-corrected chi connectivity index (χ3v) is 5.88. The van der Waals surface area contributed by atoms with Crippen molar-refractivity contribution < 1.29 is 14.6 Å². The van der Waals surface area contributed by atoms with Crippen molar-refractivity contribution >= 4 is 17.0 Å². The second-order valence-corrected chi connectivity index (χ2v) is 8.75. The van der Waals surface area contributed by atoms with Crippen molar-refractivity contribution in [2.24, 2.45) is 5.92 Å². The van der Waals surface area contributed by atoms with Crippen LogP contribution in [0.25, 0.3) is 22.3 Å². The summed E-state index contributed by atoms with van der Waals surface area (Å²) in [6.45, 7) is 7.30. The monoisotopic (exact) mass is 435 g/mol. The van der Waals surface area contributed by atoms with Crippen molar-refractivity contribution in [2.45, 2.75) is 46.3 Å². The summed E-state index contributed by atoms with van der Waals surface area (Å²) in [5, 5.41) is 10.3. The van der Waals surface area contributed by atoms with Crippen LogP contribution in [0.5, 0.6) is 5.75 Å². The Hall–Kier alpha value is -3.35. The van der Waals surface area contributed by atoms with Crippen LogP contribution in [0.2, 0.25) is 0 Å². The summed E-state index contributed by atoms with van der Waals surface area (Å²) < 4.78 is 7.07. The van der Waals surface area contributed by atoms with E-state index in [0.29, 0.717) is 36.4 Å². The van der Waals surface area contributed by atoms with E-state index in [9.17, 15) is 14.7 Å². The number of carbonyl (C=O) groups excluding carboxylic acids is 1. The minimum atomic E-state index is -0.308. The van der Waals surface area contributed by atoms with Crippen molar-refractivity contribution in [3.8, 4) is 17.1 Å². The lowest BCUT2D eigenvalue weighted by Crippen LogP contribution is -2.43. The van der Waals surface area contributed by atoms with Crippen LogP contribution in [0.15, 0.2) is 47.3 Å². The van der Waals surface area contributed by atoms with Gasteiger partial charge in [-0.15, -0.1) is 0 Å². The number of hydrogen-bond acceptors (Lipinski definition) is 5. The number of fused-ring (bicyclic) bond motifs is 1. The van der Waals surface area contributed by atoms with Gasteiger partial charge in [0.2, 0.25) is 0 Å². The Morgan fingerprint density at radius 3 is 2.78 bits per heavy atom. The molecule has 0 bridgehead atoms. The van der Waals surface area contributed by atoms with E-state index in [2.05, 4.69) is 0 Å². The first-order valence-corrected chi connectivity index (χ1v) is 11.1. The van der Waals surface area contributed by atoms with E-state index in [4.69, 9.17) is 9.72 Å². The maximum atomic E-state index is 13.5. The van der Waals surface area contributed by atoms with Crippen LogP contribution in [0.1, 0.15) is 32.3 Å².